The first kappa shape index (κ1) is 18.8. The third kappa shape index (κ3) is 3.55. The fourth-order valence-electron chi connectivity index (χ4n) is 3.92. The van der Waals surface area contributed by atoms with Gasteiger partial charge in [0.15, 0.2) is 5.65 Å². The number of aromatic hydroxyl groups is 1. The lowest BCUT2D eigenvalue weighted by Crippen LogP contribution is -2.29. The van der Waals surface area contributed by atoms with Gasteiger partial charge in [0.05, 0.1) is 16.8 Å². The summed E-state index contributed by atoms with van der Waals surface area (Å²) >= 11 is 6.08. The van der Waals surface area contributed by atoms with Crippen LogP contribution in [0.3, 0.4) is 0 Å². The number of anilines is 3. The summed E-state index contributed by atoms with van der Waals surface area (Å²) in [6.45, 7) is 2.26. The van der Waals surface area contributed by atoms with Crippen LogP contribution in [0.1, 0.15) is 19.3 Å². The molecule has 0 saturated carbocycles. The number of phenols is 1. The van der Waals surface area contributed by atoms with Crippen molar-refractivity contribution in [3.05, 3.63) is 65.9 Å². The molecule has 3 heterocycles. The van der Waals surface area contributed by atoms with Crippen LogP contribution in [0.5, 0.6) is 5.75 Å². The zero-order chi connectivity index (χ0) is 20.5. The van der Waals surface area contributed by atoms with E-state index in [2.05, 4.69) is 39.6 Å². The van der Waals surface area contributed by atoms with E-state index in [4.69, 9.17) is 16.6 Å². The maximum absolute atomic E-state index is 10.4. The number of benzene rings is 2. The highest BCUT2D eigenvalue weighted by Crippen LogP contribution is 2.36. The van der Waals surface area contributed by atoms with E-state index in [1.54, 1.807) is 28.9 Å². The number of piperidine rings is 1. The minimum absolute atomic E-state index is 0.0301. The van der Waals surface area contributed by atoms with E-state index in [0.29, 0.717) is 22.1 Å². The van der Waals surface area contributed by atoms with Crippen molar-refractivity contribution < 1.29 is 5.11 Å². The second-order valence-electron chi connectivity index (χ2n) is 7.49. The molecule has 2 aromatic carbocycles. The molecule has 0 radical (unpaired) electrons. The highest BCUT2D eigenvalue weighted by atomic mass is 35.5. The first-order valence-corrected chi connectivity index (χ1v) is 10.5. The van der Waals surface area contributed by atoms with Gasteiger partial charge in [-0.05, 0) is 55.7 Å². The quantitative estimate of drug-likeness (QED) is 0.458. The summed E-state index contributed by atoms with van der Waals surface area (Å²) in [4.78, 5) is 7.15. The van der Waals surface area contributed by atoms with Crippen molar-refractivity contribution in [3.63, 3.8) is 0 Å². The molecule has 152 valence electrons. The Hall–Kier alpha value is -3.25. The Labute approximate surface area is 179 Å². The number of hydrogen-bond acceptors (Lipinski definition) is 5. The van der Waals surface area contributed by atoms with Gasteiger partial charge in [-0.15, -0.1) is 0 Å². The van der Waals surface area contributed by atoms with Crippen molar-refractivity contribution in [3.8, 4) is 16.9 Å². The lowest BCUT2D eigenvalue weighted by Gasteiger charge is -2.28. The van der Waals surface area contributed by atoms with E-state index in [1.165, 1.54) is 24.9 Å². The van der Waals surface area contributed by atoms with Crippen molar-refractivity contribution in [2.75, 3.05) is 23.3 Å². The molecule has 1 aliphatic rings. The molecule has 0 atom stereocenters. The minimum atomic E-state index is 0.0301. The molecule has 0 amide bonds. The largest absolute Gasteiger partial charge is 0.506 e. The van der Waals surface area contributed by atoms with Crippen LogP contribution < -0.4 is 10.2 Å². The second kappa shape index (κ2) is 7.88. The molecule has 5 rings (SSSR count). The number of rotatable bonds is 4. The highest BCUT2D eigenvalue weighted by Gasteiger charge is 2.15. The van der Waals surface area contributed by atoms with Crippen molar-refractivity contribution in [2.24, 2.45) is 0 Å². The molecule has 4 aromatic rings. The molecular weight excluding hydrogens is 398 g/mol. The van der Waals surface area contributed by atoms with E-state index >= 15 is 0 Å². The van der Waals surface area contributed by atoms with Gasteiger partial charge in [-0.2, -0.15) is 5.10 Å². The van der Waals surface area contributed by atoms with Crippen LogP contribution >= 0.6 is 11.6 Å². The predicted molar refractivity (Wildman–Crippen MR) is 121 cm³/mol. The smallest absolute Gasteiger partial charge is 0.165 e. The Morgan fingerprint density at radius 3 is 2.53 bits per heavy atom. The number of aromatic nitrogens is 3. The average Bonchev–Trinajstić information content (AvgIpc) is 3.20. The van der Waals surface area contributed by atoms with Crippen LogP contribution in [0.15, 0.2) is 60.9 Å². The maximum Gasteiger partial charge on any atom is 0.165 e. The summed E-state index contributed by atoms with van der Waals surface area (Å²) in [5.74, 6) is 0.735. The van der Waals surface area contributed by atoms with Gasteiger partial charge in [0, 0.05) is 36.2 Å². The van der Waals surface area contributed by atoms with Gasteiger partial charge in [-0.1, -0.05) is 23.7 Å². The van der Waals surface area contributed by atoms with Gasteiger partial charge in [-0.25, -0.2) is 9.50 Å². The Morgan fingerprint density at radius 2 is 1.73 bits per heavy atom. The number of phenolic OH excluding ortho intramolecular Hbond substituents is 1. The number of halogens is 1. The summed E-state index contributed by atoms with van der Waals surface area (Å²) in [6.07, 6.45) is 7.39. The number of nitrogens with one attached hydrogen (secondary N) is 1. The van der Waals surface area contributed by atoms with Crippen molar-refractivity contribution in [2.45, 2.75) is 19.3 Å². The molecule has 2 aromatic heterocycles. The molecule has 1 aliphatic heterocycles. The molecule has 0 bridgehead atoms. The monoisotopic (exact) mass is 419 g/mol. The van der Waals surface area contributed by atoms with Crippen LogP contribution in [0.4, 0.5) is 17.2 Å². The lowest BCUT2D eigenvalue weighted by atomic mass is 10.1. The third-order valence-electron chi connectivity index (χ3n) is 5.51. The third-order valence-corrected chi connectivity index (χ3v) is 5.81. The first-order chi connectivity index (χ1) is 14.7. The van der Waals surface area contributed by atoms with E-state index < -0.39 is 0 Å². The van der Waals surface area contributed by atoms with Crippen LogP contribution in [-0.4, -0.2) is 32.8 Å². The Morgan fingerprint density at radius 1 is 0.933 bits per heavy atom. The normalized spacial score (nSPS) is 14.2. The van der Waals surface area contributed by atoms with Crippen LogP contribution in [-0.2, 0) is 0 Å². The van der Waals surface area contributed by atoms with Crippen LogP contribution in [0.2, 0.25) is 5.02 Å². The number of para-hydroxylation sites is 1. The zero-order valence-electron chi connectivity index (χ0n) is 16.4. The minimum Gasteiger partial charge on any atom is -0.506 e. The number of fused-ring (bicyclic) bond motifs is 1. The van der Waals surface area contributed by atoms with Gasteiger partial charge in [-0.3, -0.25) is 0 Å². The molecule has 0 aliphatic carbocycles. The number of nitrogens with zero attached hydrogens (tertiary/aromatic N) is 4. The molecule has 30 heavy (non-hydrogen) atoms. The second-order valence-corrected chi connectivity index (χ2v) is 7.90. The van der Waals surface area contributed by atoms with Crippen molar-refractivity contribution >= 4 is 34.4 Å². The van der Waals surface area contributed by atoms with Gasteiger partial charge >= 0.3 is 0 Å². The van der Waals surface area contributed by atoms with Gasteiger partial charge in [0.25, 0.3) is 0 Å². The average molecular weight is 420 g/mol. The molecule has 7 heteroatoms. The fraction of sp³-hybridized carbons (Fsp3) is 0.217. The zero-order valence-corrected chi connectivity index (χ0v) is 17.2. The summed E-state index contributed by atoms with van der Waals surface area (Å²) in [7, 11) is 0. The molecule has 0 unspecified atom stereocenters. The van der Waals surface area contributed by atoms with E-state index in [9.17, 15) is 5.11 Å². The highest BCUT2D eigenvalue weighted by molar-refractivity contribution is 6.32. The van der Waals surface area contributed by atoms with Crippen LogP contribution in [0.25, 0.3) is 16.8 Å². The lowest BCUT2D eigenvalue weighted by molar-refractivity contribution is 0.477. The summed E-state index contributed by atoms with van der Waals surface area (Å²) in [5, 5.41) is 18.4. The Balaban J connectivity index is 1.42. The molecular formula is C23H22ClN5O. The van der Waals surface area contributed by atoms with Gasteiger partial charge in [0.1, 0.15) is 11.6 Å². The number of hydrogen-bond donors (Lipinski definition) is 2. The first-order valence-electron chi connectivity index (χ1n) is 10.1. The standard InChI is InChI=1S/C23H22ClN5O/c24-20-6-4-5-18(22(20)30)19-15-25-29-14-11-21(27-23(19)29)26-16-7-9-17(10-8-16)28-12-2-1-3-13-28/h4-11,14-15,30H,1-3,12-13H2,(H,26,27). The molecule has 1 fully saturated rings. The maximum atomic E-state index is 10.4. The van der Waals surface area contributed by atoms with E-state index in [0.717, 1.165) is 24.3 Å². The summed E-state index contributed by atoms with van der Waals surface area (Å²) < 4.78 is 1.68. The summed E-state index contributed by atoms with van der Waals surface area (Å²) in [5.41, 5.74) is 4.20. The van der Waals surface area contributed by atoms with Crippen molar-refractivity contribution in [1.29, 1.82) is 0 Å². The Bertz CT molecular complexity index is 1180. The summed E-state index contributed by atoms with van der Waals surface area (Å²) in [6, 6.07) is 15.6. The molecule has 1 saturated heterocycles. The van der Waals surface area contributed by atoms with E-state index in [1.807, 2.05) is 12.3 Å². The van der Waals surface area contributed by atoms with Crippen molar-refractivity contribution in [1.82, 2.24) is 14.6 Å². The molecule has 0 spiro atoms. The van der Waals surface area contributed by atoms with E-state index in [-0.39, 0.29) is 5.75 Å². The predicted octanol–water partition coefficient (Wildman–Crippen LogP) is 5.49. The molecule has 2 N–H and O–H groups in total. The van der Waals surface area contributed by atoms with Gasteiger partial charge < -0.3 is 15.3 Å². The molecule has 6 nitrogen and oxygen atoms in total. The van der Waals surface area contributed by atoms with Crippen LogP contribution in [0, 0.1) is 0 Å². The topological polar surface area (TPSA) is 65.7 Å². The fourth-order valence-corrected chi connectivity index (χ4v) is 4.09. The SMILES string of the molecule is Oc1c(Cl)cccc1-c1cnn2ccc(Nc3ccc(N4CCCCC4)cc3)nc12. The van der Waals surface area contributed by atoms with Gasteiger partial charge in [0.2, 0.25) is 0 Å². The Kier molecular flexibility index (Phi) is 4.93.